The summed E-state index contributed by atoms with van der Waals surface area (Å²) in [5.41, 5.74) is 0. The Bertz CT molecular complexity index is 653. The SMILES string of the molecule is O=S(=O)(Oc1ccccc1Cl)c1ccc(Br)cc1. The van der Waals surface area contributed by atoms with Gasteiger partial charge in [0, 0.05) is 4.47 Å². The number of hydrogen-bond acceptors (Lipinski definition) is 3. The van der Waals surface area contributed by atoms with Gasteiger partial charge in [0.2, 0.25) is 0 Å². The van der Waals surface area contributed by atoms with Crippen LogP contribution in [0, 0.1) is 0 Å². The molecular weight excluding hydrogens is 340 g/mol. The van der Waals surface area contributed by atoms with E-state index in [1.807, 2.05) is 0 Å². The zero-order valence-corrected chi connectivity index (χ0v) is 12.2. The minimum absolute atomic E-state index is 0.0746. The molecule has 0 aromatic heterocycles. The van der Waals surface area contributed by atoms with Crippen molar-refractivity contribution in [3.63, 3.8) is 0 Å². The van der Waals surface area contributed by atoms with Gasteiger partial charge in [0.25, 0.3) is 0 Å². The van der Waals surface area contributed by atoms with Crippen LogP contribution >= 0.6 is 27.5 Å². The largest absolute Gasteiger partial charge is 0.377 e. The second kappa shape index (κ2) is 5.30. The fraction of sp³-hybridized carbons (Fsp3) is 0. The summed E-state index contributed by atoms with van der Waals surface area (Å²) in [5, 5.41) is 0.248. The van der Waals surface area contributed by atoms with Crippen LogP contribution in [0.2, 0.25) is 5.02 Å². The van der Waals surface area contributed by atoms with E-state index < -0.39 is 10.1 Å². The highest BCUT2D eigenvalue weighted by atomic mass is 79.9. The first-order chi connectivity index (χ1) is 8.49. The van der Waals surface area contributed by atoms with Gasteiger partial charge in [0.05, 0.1) is 5.02 Å². The monoisotopic (exact) mass is 346 g/mol. The maximum Gasteiger partial charge on any atom is 0.339 e. The molecule has 0 aliphatic carbocycles. The number of hydrogen-bond donors (Lipinski definition) is 0. The average Bonchev–Trinajstić information content (AvgIpc) is 2.32. The molecule has 0 atom stereocenters. The first kappa shape index (κ1) is 13.4. The summed E-state index contributed by atoms with van der Waals surface area (Å²) in [5.74, 6) is 0.113. The van der Waals surface area contributed by atoms with E-state index in [2.05, 4.69) is 15.9 Å². The topological polar surface area (TPSA) is 43.4 Å². The third kappa shape index (κ3) is 3.04. The molecule has 0 N–H and O–H groups in total. The molecule has 0 spiro atoms. The fourth-order valence-corrected chi connectivity index (χ4v) is 2.71. The molecule has 0 bridgehead atoms. The van der Waals surface area contributed by atoms with Gasteiger partial charge >= 0.3 is 10.1 Å². The van der Waals surface area contributed by atoms with Gasteiger partial charge in [-0.25, -0.2) is 0 Å². The summed E-state index contributed by atoms with van der Waals surface area (Å²) >= 11 is 9.08. The van der Waals surface area contributed by atoms with Crippen LogP contribution < -0.4 is 4.18 Å². The van der Waals surface area contributed by atoms with Crippen molar-refractivity contribution in [1.29, 1.82) is 0 Å². The lowest BCUT2D eigenvalue weighted by Crippen LogP contribution is -2.09. The molecule has 0 unspecified atom stereocenters. The molecule has 0 heterocycles. The predicted octanol–water partition coefficient (Wildman–Crippen LogP) is 3.87. The molecule has 0 aliphatic rings. The van der Waals surface area contributed by atoms with Gasteiger partial charge in [0.15, 0.2) is 5.75 Å². The highest BCUT2D eigenvalue weighted by Crippen LogP contribution is 2.27. The molecule has 0 saturated heterocycles. The number of halogens is 2. The number of benzene rings is 2. The second-order valence-corrected chi connectivity index (χ2v) is 6.29. The van der Waals surface area contributed by atoms with Crippen LogP contribution in [0.25, 0.3) is 0 Å². The van der Waals surface area contributed by atoms with Crippen LogP contribution in [-0.2, 0) is 10.1 Å². The van der Waals surface area contributed by atoms with Crippen LogP contribution in [0.4, 0.5) is 0 Å². The van der Waals surface area contributed by atoms with Gasteiger partial charge in [-0.05, 0) is 36.4 Å². The summed E-state index contributed by atoms with van der Waals surface area (Å²) < 4.78 is 29.7. The van der Waals surface area contributed by atoms with E-state index >= 15 is 0 Å². The first-order valence-corrected chi connectivity index (χ1v) is 7.51. The predicted molar refractivity (Wildman–Crippen MR) is 73.4 cm³/mol. The van der Waals surface area contributed by atoms with Crippen molar-refractivity contribution >= 4 is 37.6 Å². The molecule has 2 aromatic carbocycles. The Labute approximate surface area is 119 Å². The molecule has 94 valence electrons. The van der Waals surface area contributed by atoms with E-state index in [0.717, 1.165) is 4.47 Å². The van der Waals surface area contributed by atoms with Gasteiger partial charge < -0.3 is 4.18 Å². The molecule has 0 fully saturated rings. The van der Waals surface area contributed by atoms with Gasteiger partial charge in [0.1, 0.15) is 4.90 Å². The van der Waals surface area contributed by atoms with Crippen LogP contribution in [0.1, 0.15) is 0 Å². The molecule has 6 heteroatoms. The summed E-state index contributed by atoms with van der Waals surface area (Å²) in [6, 6.07) is 12.6. The lowest BCUT2D eigenvalue weighted by atomic mass is 10.3. The van der Waals surface area contributed by atoms with Crippen molar-refractivity contribution in [2.24, 2.45) is 0 Å². The second-order valence-electron chi connectivity index (χ2n) is 3.42. The van der Waals surface area contributed by atoms with E-state index in [0.29, 0.717) is 0 Å². The lowest BCUT2D eigenvalue weighted by molar-refractivity contribution is 0.486. The Balaban J connectivity index is 2.33. The highest BCUT2D eigenvalue weighted by Gasteiger charge is 2.17. The van der Waals surface area contributed by atoms with Gasteiger partial charge in [-0.3, -0.25) is 0 Å². The Kier molecular flexibility index (Phi) is 3.94. The average molecular weight is 348 g/mol. The van der Waals surface area contributed by atoms with Crippen LogP contribution in [0.5, 0.6) is 5.75 Å². The van der Waals surface area contributed by atoms with Crippen LogP contribution in [0.15, 0.2) is 57.9 Å². The van der Waals surface area contributed by atoms with Gasteiger partial charge in [-0.15, -0.1) is 0 Å². The Hall–Kier alpha value is -1.04. The zero-order valence-electron chi connectivity index (χ0n) is 9.01. The fourth-order valence-electron chi connectivity index (χ4n) is 1.28. The third-order valence-corrected chi connectivity index (χ3v) is 4.23. The molecular formula is C12H8BrClO3S. The Morgan fingerprint density at radius 1 is 1.00 bits per heavy atom. The van der Waals surface area contributed by atoms with Crippen molar-refractivity contribution in [2.45, 2.75) is 4.90 Å². The molecule has 0 saturated carbocycles. The smallest absolute Gasteiger partial charge is 0.339 e. The molecule has 0 aliphatic heterocycles. The molecule has 2 aromatic rings. The van der Waals surface area contributed by atoms with Gasteiger partial charge in [-0.1, -0.05) is 39.7 Å². The van der Waals surface area contributed by atoms with Crippen LogP contribution in [0.3, 0.4) is 0 Å². The van der Waals surface area contributed by atoms with Crippen molar-refractivity contribution in [1.82, 2.24) is 0 Å². The summed E-state index contributed by atoms with van der Waals surface area (Å²) in [6.45, 7) is 0. The Morgan fingerprint density at radius 2 is 1.61 bits per heavy atom. The van der Waals surface area contributed by atoms with E-state index in [1.165, 1.54) is 18.2 Å². The molecule has 0 amide bonds. The lowest BCUT2D eigenvalue weighted by Gasteiger charge is -2.08. The zero-order chi connectivity index (χ0) is 13.2. The first-order valence-electron chi connectivity index (χ1n) is 4.93. The quantitative estimate of drug-likeness (QED) is 0.792. The maximum atomic E-state index is 12.0. The number of rotatable bonds is 3. The molecule has 3 nitrogen and oxygen atoms in total. The molecule has 0 radical (unpaired) electrons. The van der Waals surface area contributed by atoms with Crippen LogP contribution in [-0.4, -0.2) is 8.42 Å². The summed E-state index contributed by atoms with van der Waals surface area (Å²) in [4.78, 5) is 0.0746. The molecule has 2 rings (SSSR count). The highest BCUT2D eigenvalue weighted by molar-refractivity contribution is 9.10. The van der Waals surface area contributed by atoms with E-state index in [4.69, 9.17) is 15.8 Å². The van der Waals surface area contributed by atoms with Crippen molar-refractivity contribution in [2.75, 3.05) is 0 Å². The maximum absolute atomic E-state index is 12.0. The van der Waals surface area contributed by atoms with E-state index in [-0.39, 0.29) is 15.7 Å². The minimum atomic E-state index is -3.86. The van der Waals surface area contributed by atoms with Gasteiger partial charge in [-0.2, -0.15) is 8.42 Å². The standard InChI is InChI=1S/C12H8BrClO3S/c13-9-5-7-10(8-6-9)18(15,16)17-12-4-2-1-3-11(12)14/h1-8H. The molecule has 18 heavy (non-hydrogen) atoms. The normalized spacial score (nSPS) is 11.2. The minimum Gasteiger partial charge on any atom is -0.377 e. The van der Waals surface area contributed by atoms with E-state index in [1.54, 1.807) is 30.3 Å². The number of para-hydroxylation sites is 1. The summed E-state index contributed by atoms with van der Waals surface area (Å²) in [6.07, 6.45) is 0. The third-order valence-electron chi connectivity index (χ3n) is 2.14. The van der Waals surface area contributed by atoms with Crippen molar-refractivity contribution < 1.29 is 12.6 Å². The summed E-state index contributed by atoms with van der Waals surface area (Å²) in [7, 11) is -3.86. The van der Waals surface area contributed by atoms with Crippen molar-refractivity contribution in [3.8, 4) is 5.75 Å². The Morgan fingerprint density at radius 3 is 2.22 bits per heavy atom. The van der Waals surface area contributed by atoms with Crippen molar-refractivity contribution in [3.05, 3.63) is 58.0 Å². The van der Waals surface area contributed by atoms with E-state index in [9.17, 15) is 8.42 Å².